The average Bonchev–Trinajstić information content (AvgIpc) is 2.94. The lowest BCUT2D eigenvalue weighted by Crippen LogP contribution is -1.91. The van der Waals surface area contributed by atoms with Crippen LogP contribution in [0.25, 0.3) is 33.6 Å². The highest BCUT2D eigenvalue weighted by molar-refractivity contribution is 5.81. The van der Waals surface area contributed by atoms with Gasteiger partial charge in [-0.2, -0.15) is 0 Å². The van der Waals surface area contributed by atoms with Crippen LogP contribution in [0.3, 0.4) is 0 Å². The van der Waals surface area contributed by atoms with Gasteiger partial charge in [0.05, 0.1) is 17.4 Å². The lowest BCUT2D eigenvalue weighted by molar-refractivity contribution is 0.951. The van der Waals surface area contributed by atoms with E-state index in [1.807, 2.05) is 36.4 Å². The van der Waals surface area contributed by atoms with Gasteiger partial charge in [0, 0.05) is 5.39 Å². The Bertz CT molecular complexity index is 882. The number of pyridine rings is 1. The fraction of sp³-hybridized carbons (Fsp3) is 0. The Morgan fingerprint density at radius 1 is 0.895 bits per heavy atom. The van der Waals surface area contributed by atoms with Gasteiger partial charge in [0.1, 0.15) is 5.69 Å². The zero-order valence-electron chi connectivity index (χ0n) is 9.78. The van der Waals surface area contributed by atoms with E-state index in [0.29, 0.717) is 17.0 Å². The van der Waals surface area contributed by atoms with Gasteiger partial charge in [-0.3, -0.25) is 0 Å². The third kappa shape index (κ3) is 1.61. The van der Waals surface area contributed by atoms with Gasteiger partial charge in [0.15, 0.2) is 5.65 Å². The van der Waals surface area contributed by atoms with Crippen molar-refractivity contribution >= 4 is 22.2 Å². The molecule has 0 atom stereocenters. The molecule has 0 unspecified atom stereocenters. The van der Waals surface area contributed by atoms with Crippen LogP contribution in [-0.4, -0.2) is 30.4 Å². The number of hydrogen-bond donors (Lipinski definition) is 1. The zero-order valence-corrected chi connectivity index (χ0v) is 9.78. The van der Waals surface area contributed by atoms with Gasteiger partial charge in [-0.25, -0.2) is 20.1 Å². The number of nitrogens with zero attached hydrogens (tertiary/aromatic N) is 5. The first-order valence-corrected chi connectivity index (χ1v) is 5.80. The second kappa shape index (κ2) is 3.81. The largest absolute Gasteiger partial charge is 0.246 e. The normalized spacial score (nSPS) is 11.2. The Morgan fingerprint density at radius 3 is 2.84 bits per heavy atom. The first kappa shape index (κ1) is 10.1. The maximum Gasteiger partial charge on any atom is 0.221 e. The molecule has 6 heteroatoms. The van der Waals surface area contributed by atoms with Gasteiger partial charge in [0.2, 0.25) is 5.65 Å². The van der Waals surface area contributed by atoms with Gasteiger partial charge in [0.25, 0.3) is 0 Å². The highest BCUT2D eigenvalue weighted by atomic mass is 15.4. The second-order valence-corrected chi connectivity index (χ2v) is 4.13. The Labute approximate surface area is 107 Å². The van der Waals surface area contributed by atoms with Crippen LogP contribution in [0, 0.1) is 0 Å². The minimum atomic E-state index is 0.493. The number of aromatic amines is 1. The summed E-state index contributed by atoms with van der Waals surface area (Å²) in [5, 5.41) is 11.3. The van der Waals surface area contributed by atoms with Gasteiger partial charge in [-0.15, -0.1) is 5.10 Å². The summed E-state index contributed by atoms with van der Waals surface area (Å²) in [4.78, 5) is 13.2. The minimum Gasteiger partial charge on any atom is -0.246 e. The van der Waals surface area contributed by atoms with E-state index in [2.05, 4.69) is 30.4 Å². The summed E-state index contributed by atoms with van der Waals surface area (Å²) in [5.74, 6) is 0. The maximum atomic E-state index is 4.58. The monoisotopic (exact) mass is 248 g/mol. The highest BCUT2D eigenvalue weighted by Gasteiger charge is 2.06. The van der Waals surface area contributed by atoms with E-state index in [-0.39, 0.29) is 0 Å². The zero-order chi connectivity index (χ0) is 12.7. The second-order valence-electron chi connectivity index (χ2n) is 4.13. The third-order valence-electron chi connectivity index (χ3n) is 2.92. The molecule has 3 aromatic heterocycles. The number of H-pyrrole nitrogens is 1. The quantitative estimate of drug-likeness (QED) is 0.557. The molecule has 0 aliphatic heterocycles. The molecule has 3 heterocycles. The van der Waals surface area contributed by atoms with Crippen LogP contribution >= 0.6 is 0 Å². The number of fused-ring (bicyclic) bond motifs is 2. The van der Waals surface area contributed by atoms with Crippen LogP contribution < -0.4 is 0 Å². The fourth-order valence-electron chi connectivity index (χ4n) is 1.98. The van der Waals surface area contributed by atoms with Crippen LogP contribution in [-0.2, 0) is 0 Å². The first-order valence-electron chi connectivity index (χ1n) is 5.80. The summed E-state index contributed by atoms with van der Waals surface area (Å²) >= 11 is 0. The van der Waals surface area contributed by atoms with E-state index in [1.165, 1.54) is 0 Å². The molecule has 4 aromatic rings. The number of para-hydroxylation sites is 1. The molecule has 0 amide bonds. The molecule has 0 radical (unpaired) electrons. The summed E-state index contributed by atoms with van der Waals surface area (Å²) in [6, 6.07) is 11.9. The maximum absolute atomic E-state index is 4.58. The number of nitrogens with one attached hydrogen (secondary N) is 1. The van der Waals surface area contributed by atoms with E-state index in [9.17, 15) is 0 Å². The number of aromatic nitrogens is 6. The van der Waals surface area contributed by atoms with Crippen molar-refractivity contribution < 1.29 is 0 Å². The SMILES string of the molecule is c1ccc2nc(-c3cnc4[nH]nnc4n3)ccc2c1. The minimum absolute atomic E-state index is 0.493. The molecule has 4 rings (SSSR count). The highest BCUT2D eigenvalue weighted by Crippen LogP contribution is 2.19. The van der Waals surface area contributed by atoms with Gasteiger partial charge in [-0.05, 0) is 12.1 Å². The molecule has 19 heavy (non-hydrogen) atoms. The summed E-state index contributed by atoms with van der Waals surface area (Å²) in [6.45, 7) is 0. The number of rotatable bonds is 1. The van der Waals surface area contributed by atoms with E-state index in [1.54, 1.807) is 6.20 Å². The summed E-state index contributed by atoms with van der Waals surface area (Å²) in [6.07, 6.45) is 1.67. The predicted octanol–water partition coefficient (Wildman–Crippen LogP) is 1.96. The molecule has 1 N–H and O–H groups in total. The summed E-state index contributed by atoms with van der Waals surface area (Å²) < 4.78 is 0. The van der Waals surface area contributed by atoms with Crippen LogP contribution in [0.5, 0.6) is 0 Å². The Kier molecular flexibility index (Phi) is 2.02. The Balaban J connectivity index is 1.92. The molecular formula is C13H8N6. The van der Waals surface area contributed by atoms with Gasteiger partial charge < -0.3 is 0 Å². The lowest BCUT2D eigenvalue weighted by Gasteiger charge is -2.01. The smallest absolute Gasteiger partial charge is 0.221 e. The van der Waals surface area contributed by atoms with E-state index >= 15 is 0 Å². The molecule has 0 bridgehead atoms. The van der Waals surface area contributed by atoms with Crippen LogP contribution in [0.1, 0.15) is 0 Å². The van der Waals surface area contributed by atoms with Crippen molar-refractivity contribution in [3.05, 3.63) is 42.6 Å². The Hall–Kier alpha value is -2.89. The molecular weight excluding hydrogens is 240 g/mol. The van der Waals surface area contributed by atoms with Gasteiger partial charge in [-0.1, -0.05) is 29.5 Å². The number of benzene rings is 1. The van der Waals surface area contributed by atoms with Crippen molar-refractivity contribution in [3.63, 3.8) is 0 Å². The fourth-order valence-corrected chi connectivity index (χ4v) is 1.98. The van der Waals surface area contributed by atoms with Crippen LogP contribution in [0.4, 0.5) is 0 Å². The van der Waals surface area contributed by atoms with Crippen LogP contribution in [0.2, 0.25) is 0 Å². The van der Waals surface area contributed by atoms with E-state index in [0.717, 1.165) is 16.6 Å². The van der Waals surface area contributed by atoms with E-state index in [4.69, 9.17) is 0 Å². The van der Waals surface area contributed by atoms with Crippen molar-refractivity contribution in [2.24, 2.45) is 0 Å². The standard InChI is InChI=1S/C13H8N6/c1-2-4-9-8(3-1)5-6-10(15-9)11-7-14-12-13(16-11)18-19-17-12/h1-7H,(H,14,16,17,18,19). The topological polar surface area (TPSA) is 80.2 Å². The lowest BCUT2D eigenvalue weighted by atomic mass is 10.2. The predicted molar refractivity (Wildman–Crippen MR) is 70.2 cm³/mol. The molecule has 90 valence electrons. The Morgan fingerprint density at radius 2 is 1.84 bits per heavy atom. The average molecular weight is 248 g/mol. The van der Waals surface area contributed by atoms with Crippen LogP contribution in [0.15, 0.2) is 42.6 Å². The molecule has 0 aliphatic rings. The van der Waals surface area contributed by atoms with Crippen molar-refractivity contribution in [1.29, 1.82) is 0 Å². The first-order chi connectivity index (χ1) is 9.40. The molecule has 0 saturated heterocycles. The molecule has 0 aliphatic carbocycles. The van der Waals surface area contributed by atoms with Crippen molar-refractivity contribution in [2.75, 3.05) is 0 Å². The third-order valence-corrected chi connectivity index (χ3v) is 2.92. The molecule has 6 nitrogen and oxygen atoms in total. The van der Waals surface area contributed by atoms with Gasteiger partial charge >= 0.3 is 0 Å². The van der Waals surface area contributed by atoms with E-state index < -0.39 is 0 Å². The molecule has 0 fully saturated rings. The number of hydrogen-bond acceptors (Lipinski definition) is 5. The molecule has 0 spiro atoms. The van der Waals surface area contributed by atoms with Crippen molar-refractivity contribution in [1.82, 2.24) is 30.4 Å². The van der Waals surface area contributed by atoms with Crippen molar-refractivity contribution in [3.8, 4) is 11.4 Å². The summed E-state index contributed by atoms with van der Waals surface area (Å²) in [7, 11) is 0. The molecule has 1 aromatic carbocycles. The summed E-state index contributed by atoms with van der Waals surface area (Å²) in [5.41, 5.74) is 3.46. The van der Waals surface area contributed by atoms with Crippen molar-refractivity contribution in [2.45, 2.75) is 0 Å². The molecule has 0 saturated carbocycles.